The summed E-state index contributed by atoms with van der Waals surface area (Å²) in [5.74, 6) is -0.629. The number of anilines is 1. The van der Waals surface area contributed by atoms with E-state index in [0.29, 0.717) is 13.0 Å². The molecule has 1 aliphatic rings. The van der Waals surface area contributed by atoms with Gasteiger partial charge in [0.25, 0.3) is 5.91 Å². The van der Waals surface area contributed by atoms with Crippen LogP contribution in [0.25, 0.3) is 0 Å². The quantitative estimate of drug-likeness (QED) is 0.910. The predicted molar refractivity (Wildman–Crippen MR) is 79.6 cm³/mol. The molecule has 1 aromatic heterocycles. The lowest BCUT2D eigenvalue weighted by molar-refractivity contribution is -0.138. The number of hydrogen-bond acceptors (Lipinski definition) is 5. The van der Waals surface area contributed by atoms with Crippen molar-refractivity contribution in [3.05, 3.63) is 39.8 Å². The molecule has 1 amide bonds. The van der Waals surface area contributed by atoms with E-state index in [1.807, 2.05) is 36.2 Å². The Morgan fingerprint density at radius 2 is 2.09 bits per heavy atom. The Labute approximate surface area is 134 Å². The highest BCUT2D eigenvalue weighted by atomic mass is 32.1. The molecular weight excluding hydrogens is 329 g/mol. The minimum absolute atomic E-state index is 0.194. The van der Waals surface area contributed by atoms with Crippen molar-refractivity contribution in [2.24, 2.45) is 0 Å². The Morgan fingerprint density at radius 3 is 2.78 bits per heavy atom. The topological polar surface area (TPSA) is 58.1 Å². The molecule has 1 unspecified atom stereocenters. The summed E-state index contributed by atoms with van der Waals surface area (Å²) in [6.07, 6.45) is -3.96. The van der Waals surface area contributed by atoms with E-state index in [1.165, 1.54) is 0 Å². The van der Waals surface area contributed by atoms with Gasteiger partial charge in [0.2, 0.25) is 10.0 Å². The van der Waals surface area contributed by atoms with E-state index in [1.54, 1.807) is 0 Å². The summed E-state index contributed by atoms with van der Waals surface area (Å²) in [7, 11) is 1.91. The first-order valence-electron chi connectivity index (χ1n) is 6.85. The molecule has 23 heavy (non-hydrogen) atoms. The second kappa shape index (κ2) is 5.80. The number of halogens is 3. The monoisotopic (exact) mass is 342 g/mol. The number of amides is 1. The predicted octanol–water partition coefficient (Wildman–Crippen LogP) is 2.35. The number of hydrogen-bond donors (Lipinski definition) is 1. The van der Waals surface area contributed by atoms with Crippen molar-refractivity contribution < 1.29 is 18.0 Å². The van der Waals surface area contributed by atoms with Gasteiger partial charge in [-0.25, -0.2) is 0 Å². The van der Waals surface area contributed by atoms with E-state index in [0.717, 1.165) is 11.3 Å². The normalized spacial score (nSPS) is 17.7. The van der Waals surface area contributed by atoms with E-state index in [4.69, 9.17) is 0 Å². The second-order valence-electron chi connectivity index (χ2n) is 5.29. The van der Waals surface area contributed by atoms with Crippen molar-refractivity contribution in [3.8, 4) is 0 Å². The standard InChI is InChI=1S/C14H13F3N4OS/c1-21-7-9(6-8-4-2-3-5-10(8)21)18-11(22)12-19-20-13(23-12)14(15,16)17/h2-5,9H,6-7H2,1H3,(H,18,22). The minimum Gasteiger partial charge on any atom is -0.372 e. The van der Waals surface area contributed by atoms with Crippen LogP contribution in [0.2, 0.25) is 0 Å². The molecule has 0 saturated carbocycles. The number of rotatable bonds is 2. The van der Waals surface area contributed by atoms with Gasteiger partial charge < -0.3 is 10.2 Å². The number of likely N-dealkylation sites (N-methyl/N-ethyl adjacent to an activating group) is 1. The smallest absolute Gasteiger partial charge is 0.372 e. The summed E-state index contributed by atoms with van der Waals surface area (Å²) < 4.78 is 37.5. The third kappa shape index (κ3) is 3.29. The van der Waals surface area contributed by atoms with Gasteiger partial charge in [0, 0.05) is 19.3 Å². The van der Waals surface area contributed by atoms with Crippen LogP contribution in [0.4, 0.5) is 18.9 Å². The fraction of sp³-hybridized carbons (Fsp3) is 0.357. The number of alkyl halides is 3. The lowest BCUT2D eigenvalue weighted by Gasteiger charge is -2.33. The summed E-state index contributed by atoms with van der Waals surface area (Å²) >= 11 is 0.250. The van der Waals surface area contributed by atoms with Crippen LogP contribution in [0.3, 0.4) is 0 Å². The van der Waals surface area contributed by atoms with Crippen LogP contribution in [-0.2, 0) is 12.6 Å². The number of carbonyl (C=O) groups excluding carboxylic acids is 1. The van der Waals surface area contributed by atoms with Crippen LogP contribution in [-0.4, -0.2) is 35.7 Å². The molecule has 0 saturated heterocycles. The summed E-state index contributed by atoms with van der Waals surface area (Å²) in [5, 5.41) is 7.69. The van der Waals surface area contributed by atoms with Crippen molar-refractivity contribution in [2.75, 3.05) is 18.5 Å². The van der Waals surface area contributed by atoms with Gasteiger partial charge in [0.05, 0.1) is 6.04 Å². The fourth-order valence-corrected chi connectivity index (χ4v) is 3.20. The number of nitrogens with zero attached hydrogens (tertiary/aromatic N) is 3. The third-order valence-corrected chi connectivity index (χ3v) is 4.53. The highest BCUT2D eigenvalue weighted by molar-refractivity contribution is 7.13. The van der Waals surface area contributed by atoms with Crippen LogP contribution >= 0.6 is 11.3 Å². The molecule has 3 rings (SSSR count). The average molecular weight is 342 g/mol. The van der Waals surface area contributed by atoms with Gasteiger partial charge in [-0.15, -0.1) is 10.2 Å². The Hall–Kier alpha value is -2.16. The molecular formula is C14H13F3N4OS. The number of carbonyl (C=O) groups is 1. The molecule has 0 aliphatic carbocycles. The minimum atomic E-state index is -4.58. The third-order valence-electron chi connectivity index (χ3n) is 3.56. The molecule has 1 N–H and O–H groups in total. The molecule has 1 aromatic carbocycles. The number of para-hydroxylation sites is 1. The number of fused-ring (bicyclic) bond motifs is 1. The maximum absolute atomic E-state index is 12.5. The lowest BCUT2D eigenvalue weighted by atomic mass is 9.98. The number of aromatic nitrogens is 2. The molecule has 0 bridgehead atoms. The summed E-state index contributed by atoms with van der Waals surface area (Å²) in [5.41, 5.74) is 2.17. The SMILES string of the molecule is CN1CC(NC(=O)c2nnc(C(F)(F)F)s2)Cc2ccccc21. The van der Waals surface area contributed by atoms with E-state index in [9.17, 15) is 18.0 Å². The van der Waals surface area contributed by atoms with Crippen LogP contribution in [0.15, 0.2) is 24.3 Å². The maximum Gasteiger partial charge on any atom is 0.445 e. The van der Waals surface area contributed by atoms with Crippen LogP contribution < -0.4 is 10.2 Å². The Kier molecular flexibility index (Phi) is 3.97. The Morgan fingerprint density at radius 1 is 1.35 bits per heavy atom. The van der Waals surface area contributed by atoms with Gasteiger partial charge in [-0.2, -0.15) is 13.2 Å². The first kappa shape index (κ1) is 15.7. The van der Waals surface area contributed by atoms with Crippen molar-refractivity contribution in [3.63, 3.8) is 0 Å². The highest BCUT2D eigenvalue weighted by Crippen LogP contribution is 2.31. The molecule has 1 atom stereocenters. The molecule has 0 fully saturated rings. The van der Waals surface area contributed by atoms with E-state index in [-0.39, 0.29) is 22.4 Å². The molecule has 9 heteroatoms. The molecule has 0 spiro atoms. The van der Waals surface area contributed by atoms with Crippen molar-refractivity contribution in [2.45, 2.75) is 18.6 Å². The molecule has 2 heterocycles. The van der Waals surface area contributed by atoms with Crippen molar-refractivity contribution >= 4 is 22.9 Å². The van der Waals surface area contributed by atoms with E-state index in [2.05, 4.69) is 15.5 Å². The summed E-state index contributed by atoms with van der Waals surface area (Å²) in [6.45, 7) is 0.577. The van der Waals surface area contributed by atoms with Crippen molar-refractivity contribution in [1.82, 2.24) is 15.5 Å². The van der Waals surface area contributed by atoms with E-state index >= 15 is 0 Å². The summed E-state index contributed by atoms with van der Waals surface area (Å²) in [6, 6.07) is 7.62. The molecule has 0 radical (unpaired) electrons. The second-order valence-corrected chi connectivity index (χ2v) is 6.27. The van der Waals surface area contributed by atoms with Gasteiger partial charge >= 0.3 is 6.18 Å². The van der Waals surface area contributed by atoms with Gasteiger partial charge in [-0.05, 0) is 18.1 Å². The zero-order valence-electron chi connectivity index (χ0n) is 12.1. The van der Waals surface area contributed by atoms with Gasteiger partial charge in [0.1, 0.15) is 0 Å². The van der Waals surface area contributed by atoms with Crippen molar-refractivity contribution in [1.29, 1.82) is 0 Å². The number of nitrogens with one attached hydrogen (secondary N) is 1. The van der Waals surface area contributed by atoms with Gasteiger partial charge in [-0.1, -0.05) is 29.5 Å². The Bertz CT molecular complexity index is 731. The van der Waals surface area contributed by atoms with E-state index < -0.39 is 17.1 Å². The largest absolute Gasteiger partial charge is 0.445 e. The zero-order valence-corrected chi connectivity index (χ0v) is 12.9. The molecule has 1 aliphatic heterocycles. The lowest BCUT2D eigenvalue weighted by Crippen LogP contribution is -2.47. The zero-order chi connectivity index (χ0) is 16.6. The average Bonchev–Trinajstić information content (AvgIpc) is 2.97. The maximum atomic E-state index is 12.5. The first-order chi connectivity index (χ1) is 10.8. The van der Waals surface area contributed by atoms with Crippen LogP contribution in [0.5, 0.6) is 0 Å². The Balaban J connectivity index is 1.71. The van der Waals surface area contributed by atoms with Crippen LogP contribution in [0, 0.1) is 0 Å². The fourth-order valence-electron chi connectivity index (χ4n) is 2.59. The first-order valence-corrected chi connectivity index (χ1v) is 7.67. The highest BCUT2D eigenvalue weighted by Gasteiger charge is 2.36. The van der Waals surface area contributed by atoms with Gasteiger partial charge in [0.15, 0.2) is 0 Å². The van der Waals surface area contributed by atoms with Crippen LogP contribution in [0.1, 0.15) is 20.4 Å². The summed E-state index contributed by atoms with van der Waals surface area (Å²) in [4.78, 5) is 14.1. The molecule has 5 nitrogen and oxygen atoms in total. The van der Waals surface area contributed by atoms with Gasteiger partial charge in [-0.3, -0.25) is 4.79 Å². The molecule has 122 valence electrons. The number of benzene rings is 1. The molecule has 2 aromatic rings.